The van der Waals surface area contributed by atoms with Crippen LogP contribution in [0.15, 0.2) is 22.8 Å². The van der Waals surface area contributed by atoms with E-state index in [1.165, 1.54) is 18.3 Å². The average Bonchev–Trinajstić information content (AvgIpc) is 2.41. The third-order valence-corrected chi connectivity index (χ3v) is 2.85. The first-order chi connectivity index (χ1) is 8.93. The van der Waals surface area contributed by atoms with Crippen molar-refractivity contribution in [1.82, 2.24) is 4.98 Å². The van der Waals surface area contributed by atoms with E-state index in [0.717, 1.165) is 0 Å². The summed E-state index contributed by atoms with van der Waals surface area (Å²) in [4.78, 5) is 3.71. The summed E-state index contributed by atoms with van der Waals surface area (Å²) < 4.78 is 65.9. The zero-order valence-electron chi connectivity index (χ0n) is 8.95. The number of rotatable bonds is 2. The monoisotopic (exact) mass is 338 g/mol. The Morgan fingerprint density at radius 1 is 0.895 bits per heavy atom. The number of anilines is 2. The molecule has 0 aliphatic heterocycles. The van der Waals surface area contributed by atoms with Crippen LogP contribution in [0.4, 0.5) is 33.5 Å². The lowest BCUT2D eigenvalue weighted by molar-refractivity contribution is 0.382. The molecule has 1 aromatic carbocycles. The van der Waals surface area contributed by atoms with Crippen LogP contribution < -0.4 is 5.32 Å². The van der Waals surface area contributed by atoms with E-state index < -0.39 is 34.8 Å². The molecule has 1 aromatic heterocycles. The van der Waals surface area contributed by atoms with Crippen molar-refractivity contribution >= 4 is 27.4 Å². The van der Waals surface area contributed by atoms with Crippen LogP contribution in [0.2, 0.25) is 0 Å². The summed E-state index contributed by atoms with van der Waals surface area (Å²) in [7, 11) is 0. The fourth-order valence-corrected chi connectivity index (χ4v) is 1.66. The van der Waals surface area contributed by atoms with Crippen molar-refractivity contribution in [3.63, 3.8) is 0 Å². The zero-order chi connectivity index (χ0) is 14.2. The van der Waals surface area contributed by atoms with Gasteiger partial charge >= 0.3 is 0 Å². The van der Waals surface area contributed by atoms with E-state index in [-0.39, 0.29) is 5.82 Å². The van der Waals surface area contributed by atoms with E-state index >= 15 is 0 Å². The van der Waals surface area contributed by atoms with Gasteiger partial charge in [0.15, 0.2) is 23.3 Å². The fraction of sp³-hybridized carbons (Fsp3) is 0. The van der Waals surface area contributed by atoms with E-state index in [2.05, 4.69) is 26.2 Å². The summed E-state index contributed by atoms with van der Waals surface area (Å²) in [5.74, 6) is -10.2. The third-order valence-electron chi connectivity index (χ3n) is 2.21. The van der Waals surface area contributed by atoms with Gasteiger partial charge in [-0.1, -0.05) is 0 Å². The van der Waals surface area contributed by atoms with Crippen LogP contribution in [-0.4, -0.2) is 4.98 Å². The van der Waals surface area contributed by atoms with Crippen LogP contribution in [0.5, 0.6) is 0 Å². The first kappa shape index (κ1) is 13.7. The standard InChI is InChI=1S/C11H4BrF5N2/c12-4-2-1-3-18-11(4)19-10-8(16)6(14)5(13)7(15)9(10)17/h1-3H,(H,18,19). The second kappa shape index (κ2) is 5.12. The molecule has 0 bridgehead atoms. The Kier molecular flexibility index (Phi) is 3.70. The number of halogens is 6. The van der Waals surface area contributed by atoms with Gasteiger partial charge in [-0.15, -0.1) is 0 Å². The van der Waals surface area contributed by atoms with Gasteiger partial charge in [0.25, 0.3) is 0 Å². The quantitative estimate of drug-likeness (QED) is 0.502. The molecule has 2 aromatic rings. The molecule has 0 spiro atoms. The molecule has 0 atom stereocenters. The minimum absolute atomic E-state index is 0.0780. The SMILES string of the molecule is Fc1c(F)c(F)c(Nc2ncccc2Br)c(F)c1F. The summed E-state index contributed by atoms with van der Waals surface area (Å²) in [5, 5.41) is 2.06. The van der Waals surface area contributed by atoms with E-state index in [9.17, 15) is 22.0 Å². The Labute approximate surface area is 112 Å². The smallest absolute Gasteiger partial charge is 0.200 e. The lowest BCUT2D eigenvalue weighted by Crippen LogP contribution is -2.07. The Morgan fingerprint density at radius 2 is 1.42 bits per heavy atom. The average molecular weight is 339 g/mol. The fourth-order valence-electron chi connectivity index (χ4n) is 1.31. The molecule has 1 N–H and O–H groups in total. The summed E-state index contributed by atoms with van der Waals surface area (Å²) in [6.07, 6.45) is 1.29. The van der Waals surface area contributed by atoms with Crippen LogP contribution in [0.25, 0.3) is 0 Å². The second-order valence-electron chi connectivity index (χ2n) is 3.40. The maximum Gasteiger partial charge on any atom is 0.200 e. The molecule has 0 aliphatic rings. The highest BCUT2D eigenvalue weighted by atomic mass is 79.9. The van der Waals surface area contributed by atoms with Crippen LogP contribution >= 0.6 is 15.9 Å². The van der Waals surface area contributed by atoms with Crippen molar-refractivity contribution in [1.29, 1.82) is 0 Å². The molecule has 8 heteroatoms. The summed E-state index contributed by atoms with van der Waals surface area (Å²) in [6.45, 7) is 0. The van der Waals surface area contributed by atoms with Crippen molar-refractivity contribution in [2.75, 3.05) is 5.32 Å². The van der Waals surface area contributed by atoms with Gasteiger partial charge in [0, 0.05) is 6.20 Å². The topological polar surface area (TPSA) is 24.9 Å². The zero-order valence-corrected chi connectivity index (χ0v) is 10.5. The summed E-state index contributed by atoms with van der Waals surface area (Å²) in [6, 6.07) is 3.01. The van der Waals surface area contributed by atoms with Gasteiger partial charge in [0.2, 0.25) is 5.82 Å². The van der Waals surface area contributed by atoms with Gasteiger partial charge in [-0.25, -0.2) is 26.9 Å². The molecule has 0 radical (unpaired) electrons. The summed E-state index contributed by atoms with van der Waals surface area (Å²) in [5.41, 5.74) is -1.16. The molecular weight excluding hydrogens is 335 g/mol. The maximum atomic E-state index is 13.4. The molecule has 100 valence electrons. The van der Waals surface area contributed by atoms with Gasteiger partial charge in [-0.05, 0) is 28.1 Å². The largest absolute Gasteiger partial charge is 0.334 e. The molecule has 0 aliphatic carbocycles. The number of aromatic nitrogens is 1. The molecule has 0 saturated carbocycles. The van der Waals surface area contributed by atoms with E-state index in [0.29, 0.717) is 4.47 Å². The van der Waals surface area contributed by atoms with Crippen molar-refractivity contribution in [2.45, 2.75) is 0 Å². The summed E-state index contributed by atoms with van der Waals surface area (Å²) >= 11 is 3.02. The van der Waals surface area contributed by atoms with E-state index in [1.807, 2.05) is 0 Å². The number of nitrogens with one attached hydrogen (secondary N) is 1. The minimum Gasteiger partial charge on any atom is -0.334 e. The highest BCUT2D eigenvalue weighted by Crippen LogP contribution is 2.31. The Hall–Kier alpha value is -1.70. The van der Waals surface area contributed by atoms with Gasteiger partial charge in [-0.2, -0.15) is 0 Å². The normalized spacial score (nSPS) is 10.6. The highest BCUT2D eigenvalue weighted by Gasteiger charge is 2.26. The number of hydrogen-bond donors (Lipinski definition) is 1. The van der Waals surface area contributed by atoms with Crippen molar-refractivity contribution < 1.29 is 22.0 Å². The van der Waals surface area contributed by atoms with Crippen LogP contribution in [0.3, 0.4) is 0 Å². The Balaban J connectivity index is 2.56. The minimum atomic E-state index is -2.21. The molecular formula is C11H4BrF5N2. The van der Waals surface area contributed by atoms with E-state index in [4.69, 9.17) is 0 Å². The number of pyridine rings is 1. The molecule has 0 fully saturated rings. The second-order valence-corrected chi connectivity index (χ2v) is 4.26. The van der Waals surface area contributed by atoms with Crippen LogP contribution in [0.1, 0.15) is 0 Å². The van der Waals surface area contributed by atoms with E-state index in [1.54, 1.807) is 0 Å². The van der Waals surface area contributed by atoms with Crippen LogP contribution in [-0.2, 0) is 0 Å². The maximum absolute atomic E-state index is 13.4. The molecule has 19 heavy (non-hydrogen) atoms. The first-order valence-corrected chi connectivity index (χ1v) is 5.61. The molecule has 0 amide bonds. The number of nitrogens with zero attached hydrogens (tertiary/aromatic N) is 1. The van der Waals surface area contributed by atoms with Crippen LogP contribution in [0, 0.1) is 29.1 Å². The Morgan fingerprint density at radius 3 is 1.95 bits per heavy atom. The van der Waals surface area contributed by atoms with Crippen molar-refractivity contribution in [2.24, 2.45) is 0 Å². The predicted octanol–water partition coefficient (Wildman–Crippen LogP) is 4.28. The Bertz CT molecular complexity index is 618. The third kappa shape index (κ3) is 2.40. The first-order valence-electron chi connectivity index (χ1n) is 4.82. The number of benzene rings is 1. The molecule has 1 heterocycles. The highest BCUT2D eigenvalue weighted by molar-refractivity contribution is 9.10. The van der Waals surface area contributed by atoms with Gasteiger partial charge < -0.3 is 5.32 Å². The van der Waals surface area contributed by atoms with Gasteiger partial charge in [0.1, 0.15) is 11.5 Å². The lowest BCUT2D eigenvalue weighted by Gasteiger charge is -2.11. The molecule has 0 saturated heterocycles. The number of hydrogen-bond acceptors (Lipinski definition) is 2. The van der Waals surface area contributed by atoms with Crippen molar-refractivity contribution in [3.8, 4) is 0 Å². The predicted molar refractivity (Wildman–Crippen MR) is 61.5 cm³/mol. The van der Waals surface area contributed by atoms with Gasteiger partial charge in [-0.3, -0.25) is 0 Å². The lowest BCUT2D eigenvalue weighted by atomic mass is 10.2. The molecule has 2 rings (SSSR count). The molecule has 0 unspecified atom stereocenters. The van der Waals surface area contributed by atoms with Crippen molar-refractivity contribution in [3.05, 3.63) is 51.9 Å². The molecule has 2 nitrogen and oxygen atoms in total. The van der Waals surface area contributed by atoms with Gasteiger partial charge in [0.05, 0.1) is 4.47 Å².